The van der Waals surface area contributed by atoms with Crippen molar-refractivity contribution in [3.8, 4) is 0 Å². The van der Waals surface area contributed by atoms with E-state index in [2.05, 4.69) is 9.82 Å². The summed E-state index contributed by atoms with van der Waals surface area (Å²) >= 11 is 0. The Balaban J connectivity index is 2.20. The molecule has 1 aromatic heterocycles. The van der Waals surface area contributed by atoms with E-state index in [0.717, 1.165) is 12.8 Å². The second kappa shape index (κ2) is 6.43. The highest BCUT2D eigenvalue weighted by Gasteiger charge is 2.31. The molecule has 21 heavy (non-hydrogen) atoms. The molecule has 0 aromatic carbocycles. The first kappa shape index (κ1) is 16.4. The Morgan fingerprint density at radius 1 is 1.43 bits per heavy atom. The molecule has 2 atom stereocenters. The Morgan fingerprint density at radius 3 is 2.71 bits per heavy atom. The van der Waals surface area contributed by atoms with Crippen molar-refractivity contribution in [1.82, 2.24) is 14.5 Å². The van der Waals surface area contributed by atoms with Gasteiger partial charge in [0.1, 0.15) is 4.90 Å². The van der Waals surface area contributed by atoms with Crippen molar-refractivity contribution in [3.63, 3.8) is 0 Å². The molecule has 2 N–H and O–H groups in total. The van der Waals surface area contributed by atoms with Crippen molar-refractivity contribution in [2.24, 2.45) is 0 Å². The Labute approximate surface area is 125 Å². The molecule has 8 heteroatoms. The van der Waals surface area contributed by atoms with Gasteiger partial charge in [0.2, 0.25) is 10.0 Å². The van der Waals surface area contributed by atoms with Gasteiger partial charge in [-0.2, -0.15) is 5.10 Å². The van der Waals surface area contributed by atoms with E-state index in [-0.39, 0.29) is 30.2 Å². The lowest BCUT2D eigenvalue weighted by molar-refractivity contribution is 0.107. The van der Waals surface area contributed by atoms with Crippen LogP contribution in [0.5, 0.6) is 0 Å². The lowest BCUT2D eigenvalue weighted by Gasteiger charge is -2.13. The normalized spacial score (nSPS) is 22.9. The molecule has 2 unspecified atom stereocenters. The molecule has 1 aromatic rings. The van der Waals surface area contributed by atoms with Crippen LogP contribution >= 0.6 is 0 Å². The lowest BCUT2D eigenvalue weighted by atomic mass is 10.3. The fourth-order valence-corrected chi connectivity index (χ4v) is 4.62. The number of nitrogens with zero attached hydrogens (tertiary/aromatic N) is 2. The predicted octanol–water partition coefficient (Wildman–Crippen LogP) is 0.338. The molecule has 0 aliphatic heterocycles. The number of nitrogens with one attached hydrogen (secondary N) is 1. The van der Waals surface area contributed by atoms with Crippen molar-refractivity contribution in [2.45, 2.75) is 56.7 Å². The number of ether oxygens (including phenoxy) is 1. The molecule has 0 radical (unpaired) electrons. The second-order valence-corrected chi connectivity index (χ2v) is 7.09. The van der Waals surface area contributed by atoms with Gasteiger partial charge >= 0.3 is 0 Å². The zero-order valence-electron chi connectivity index (χ0n) is 12.7. The first-order chi connectivity index (χ1) is 9.89. The summed E-state index contributed by atoms with van der Waals surface area (Å²) in [4.78, 5) is 0.219. The Kier molecular flexibility index (Phi) is 5.03. The fourth-order valence-electron chi connectivity index (χ4n) is 2.92. The Bertz CT molecular complexity index is 597. The molecule has 7 nitrogen and oxygen atoms in total. The van der Waals surface area contributed by atoms with Crippen molar-refractivity contribution < 1.29 is 18.3 Å². The number of rotatable bonds is 6. The highest BCUT2D eigenvalue weighted by molar-refractivity contribution is 7.89. The van der Waals surface area contributed by atoms with Gasteiger partial charge in [-0.05, 0) is 33.1 Å². The van der Waals surface area contributed by atoms with Crippen LogP contribution in [0.1, 0.15) is 30.7 Å². The monoisotopic (exact) mass is 317 g/mol. The lowest BCUT2D eigenvalue weighted by Crippen LogP contribution is -2.34. The number of hydrogen-bond acceptors (Lipinski definition) is 5. The summed E-state index contributed by atoms with van der Waals surface area (Å²) in [5, 5.41) is 13.2. The first-order valence-corrected chi connectivity index (χ1v) is 8.57. The number of aliphatic hydroxyl groups excluding tert-OH is 1. The fraction of sp³-hybridized carbons (Fsp3) is 0.769. The van der Waals surface area contributed by atoms with Gasteiger partial charge in [0.15, 0.2) is 0 Å². The summed E-state index contributed by atoms with van der Waals surface area (Å²) in [6, 6.07) is -0.0973. The zero-order valence-corrected chi connectivity index (χ0v) is 13.5. The van der Waals surface area contributed by atoms with Crippen molar-refractivity contribution in [1.29, 1.82) is 0 Å². The molecule has 1 saturated carbocycles. The highest BCUT2D eigenvalue weighted by Crippen LogP contribution is 2.25. The summed E-state index contributed by atoms with van der Waals surface area (Å²) in [5.41, 5.74) is 1.00. The minimum Gasteiger partial charge on any atom is -0.394 e. The quantitative estimate of drug-likeness (QED) is 0.789. The first-order valence-electron chi connectivity index (χ1n) is 7.09. The van der Waals surface area contributed by atoms with E-state index in [0.29, 0.717) is 17.8 Å². The van der Waals surface area contributed by atoms with Gasteiger partial charge in [-0.25, -0.2) is 13.1 Å². The minimum absolute atomic E-state index is 0.0764. The van der Waals surface area contributed by atoms with Crippen LogP contribution in [0, 0.1) is 13.8 Å². The van der Waals surface area contributed by atoms with E-state index >= 15 is 0 Å². The number of aromatic nitrogens is 2. The average Bonchev–Trinajstić information content (AvgIpc) is 2.95. The van der Waals surface area contributed by atoms with E-state index in [4.69, 9.17) is 9.84 Å². The van der Waals surface area contributed by atoms with Gasteiger partial charge in [0, 0.05) is 13.2 Å². The molecular weight excluding hydrogens is 294 g/mol. The second-order valence-electron chi connectivity index (χ2n) is 5.44. The molecule has 1 fully saturated rings. The molecule has 0 spiro atoms. The Morgan fingerprint density at radius 2 is 2.14 bits per heavy atom. The SMILES string of the molecule is COC1CCC(NS(=O)(=O)c2c(C)nn(CCO)c2C)C1. The molecule has 0 bridgehead atoms. The van der Waals surface area contributed by atoms with Gasteiger partial charge in [0.05, 0.1) is 30.6 Å². The third-order valence-corrected chi connectivity index (χ3v) is 5.71. The van der Waals surface area contributed by atoms with E-state index < -0.39 is 10.0 Å². The summed E-state index contributed by atoms with van der Waals surface area (Å²) in [7, 11) is -1.96. The molecule has 0 saturated heterocycles. The van der Waals surface area contributed by atoms with Crippen LogP contribution in [0.2, 0.25) is 0 Å². The molecular formula is C13H23N3O4S. The average molecular weight is 317 g/mol. The zero-order chi connectivity index (χ0) is 15.6. The topological polar surface area (TPSA) is 93.5 Å². The molecule has 2 rings (SSSR count). The van der Waals surface area contributed by atoms with Crippen LogP contribution in [0.15, 0.2) is 4.90 Å². The van der Waals surface area contributed by atoms with Crippen molar-refractivity contribution in [2.75, 3.05) is 13.7 Å². The van der Waals surface area contributed by atoms with Crippen LogP contribution in [-0.4, -0.2) is 49.2 Å². The number of hydrogen-bond donors (Lipinski definition) is 2. The minimum atomic E-state index is -3.60. The standard InChI is InChI=1S/C13H23N3O4S/c1-9-13(10(2)16(14-9)6-7-17)21(18,19)15-11-4-5-12(8-11)20-3/h11-12,15,17H,4-8H2,1-3H3. The molecule has 120 valence electrons. The van der Waals surface area contributed by atoms with Crippen molar-refractivity contribution in [3.05, 3.63) is 11.4 Å². The molecule has 1 aliphatic rings. The Hall–Kier alpha value is -0.960. The van der Waals surface area contributed by atoms with E-state index in [1.54, 1.807) is 21.0 Å². The predicted molar refractivity (Wildman–Crippen MR) is 77.5 cm³/mol. The summed E-state index contributed by atoms with van der Waals surface area (Å²) in [5.74, 6) is 0. The number of aliphatic hydroxyl groups is 1. The van der Waals surface area contributed by atoms with Crippen LogP contribution < -0.4 is 4.72 Å². The summed E-state index contributed by atoms with van der Waals surface area (Å²) in [6.07, 6.45) is 2.46. The van der Waals surface area contributed by atoms with E-state index in [9.17, 15) is 8.42 Å². The van der Waals surface area contributed by atoms with Gasteiger partial charge in [-0.3, -0.25) is 4.68 Å². The van der Waals surface area contributed by atoms with Gasteiger partial charge in [-0.15, -0.1) is 0 Å². The highest BCUT2D eigenvalue weighted by atomic mass is 32.2. The number of aryl methyl sites for hydroxylation is 1. The summed E-state index contributed by atoms with van der Waals surface area (Å²) in [6.45, 7) is 3.59. The molecule has 1 aliphatic carbocycles. The third kappa shape index (κ3) is 3.45. The number of sulfonamides is 1. The number of methoxy groups -OCH3 is 1. The molecule has 1 heterocycles. The largest absolute Gasteiger partial charge is 0.394 e. The van der Waals surface area contributed by atoms with Crippen molar-refractivity contribution >= 4 is 10.0 Å². The summed E-state index contributed by atoms with van der Waals surface area (Å²) < 4.78 is 34.7. The molecule has 0 amide bonds. The van der Waals surface area contributed by atoms with Crippen LogP contribution in [0.25, 0.3) is 0 Å². The van der Waals surface area contributed by atoms with E-state index in [1.165, 1.54) is 4.68 Å². The van der Waals surface area contributed by atoms with Gasteiger partial charge in [-0.1, -0.05) is 0 Å². The maximum atomic E-state index is 12.6. The van der Waals surface area contributed by atoms with Gasteiger partial charge < -0.3 is 9.84 Å². The maximum absolute atomic E-state index is 12.6. The van der Waals surface area contributed by atoms with Gasteiger partial charge in [0.25, 0.3) is 0 Å². The van der Waals surface area contributed by atoms with Crippen LogP contribution in [-0.2, 0) is 21.3 Å². The third-order valence-electron chi connectivity index (χ3n) is 3.94. The van der Waals surface area contributed by atoms with Crippen LogP contribution in [0.3, 0.4) is 0 Å². The van der Waals surface area contributed by atoms with E-state index in [1.807, 2.05) is 0 Å². The van der Waals surface area contributed by atoms with Crippen LogP contribution in [0.4, 0.5) is 0 Å². The smallest absolute Gasteiger partial charge is 0.244 e. The maximum Gasteiger partial charge on any atom is 0.244 e.